The molecule has 0 bridgehead atoms. The standard InChI is InChI=1S/C23H26N2O6/c1-14(2)21(25-22(28)16-9-11-17(30-4)12-10-16)23(29)31-13-20(27)24-19-8-6-5-7-18(19)15(3)26/h5-12,14,21H,13H2,1-4H3,(H,24,27)(H,25,28)/t21-/m1/s1. The van der Waals surface area contributed by atoms with E-state index < -0.39 is 30.4 Å². The molecule has 2 N–H and O–H groups in total. The van der Waals surface area contributed by atoms with Crippen LogP contribution in [-0.2, 0) is 14.3 Å². The molecular formula is C23H26N2O6. The zero-order chi connectivity index (χ0) is 23.0. The van der Waals surface area contributed by atoms with Crippen LogP contribution in [0.15, 0.2) is 48.5 Å². The van der Waals surface area contributed by atoms with Crippen LogP contribution >= 0.6 is 0 Å². The maximum atomic E-state index is 12.5. The summed E-state index contributed by atoms with van der Waals surface area (Å²) in [6.07, 6.45) is 0. The van der Waals surface area contributed by atoms with Gasteiger partial charge in [-0.2, -0.15) is 0 Å². The lowest BCUT2D eigenvalue weighted by molar-refractivity contribution is -0.150. The third-order valence-corrected chi connectivity index (χ3v) is 4.49. The first-order valence-corrected chi connectivity index (χ1v) is 9.74. The highest BCUT2D eigenvalue weighted by Gasteiger charge is 2.27. The molecule has 0 radical (unpaired) electrons. The van der Waals surface area contributed by atoms with Gasteiger partial charge in [-0.1, -0.05) is 26.0 Å². The maximum absolute atomic E-state index is 12.5. The quantitative estimate of drug-likeness (QED) is 0.471. The maximum Gasteiger partial charge on any atom is 0.329 e. The Bertz CT molecular complexity index is 953. The zero-order valence-corrected chi connectivity index (χ0v) is 17.9. The number of hydrogen-bond donors (Lipinski definition) is 2. The first-order chi connectivity index (χ1) is 14.7. The number of carbonyl (C=O) groups is 4. The topological polar surface area (TPSA) is 111 Å². The van der Waals surface area contributed by atoms with Crippen molar-refractivity contribution in [2.24, 2.45) is 5.92 Å². The average molecular weight is 426 g/mol. The highest BCUT2D eigenvalue weighted by molar-refractivity contribution is 6.04. The average Bonchev–Trinajstić information content (AvgIpc) is 2.75. The summed E-state index contributed by atoms with van der Waals surface area (Å²) in [6, 6.07) is 12.0. The fourth-order valence-corrected chi connectivity index (χ4v) is 2.78. The lowest BCUT2D eigenvalue weighted by Crippen LogP contribution is -2.45. The molecule has 8 nitrogen and oxygen atoms in total. The Morgan fingerprint density at radius 2 is 1.61 bits per heavy atom. The minimum Gasteiger partial charge on any atom is -0.497 e. The Balaban J connectivity index is 1.96. The van der Waals surface area contributed by atoms with E-state index in [9.17, 15) is 19.2 Å². The van der Waals surface area contributed by atoms with E-state index in [1.54, 1.807) is 62.4 Å². The van der Waals surface area contributed by atoms with Crippen molar-refractivity contribution in [3.05, 3.63) is 59.7 Å². The SMILES string of the molecule is COc1ccc(C(=O)N[C@@H](C(=O)OCC(=O)Nc2ccccc2C(C)=O)C(C)C)cc1. The number of Topliss-reactive ketones (excluding diaryl/α,β-unsaturated/α-hetero) is 1. The number of benzene rings is 2. The number of anilines is 1. The van der Waals surface area contributed by atoms with Gasteiger partial charge in [-0.3, -0.25) is 14.4 Å². The molecule has 2 aromatic rings. The molecule has 1 atom stereocenters. The number of para-hydroxylation sites is 1. The smallest absolute Gasteiger partial charge is 0.329 e. The van der Waals surface area contributed by atoms with Crippen LogP contribution in [0.4, 0.5) is 5.69 Å². The summed E-state index contributed by atoms with van der Waals surface area (Å²) in [5.74, 6) is -1.63. The third kappa shape index (κ3) is 6.67. The third-order valence-electron chi connectivity index (χ3n) is 4.49. The summed E-state index contributed by atoms with van der Waals surface area (Å²) >= 11 is 0. The van der Waals surface area contributed by atoms with Crippen molar-refractivity contribution in [2.75, 3.05) is 19.0 Å². The van der Waals surface area contributed by atoms with Crippen molar-refractivity contribution in [3.8, 4) is 5.75 Å². The molecule has 0 aliphatic rings. The number of hydrogen-bond acceptors (Lipinski definition) is 6. The molecule has 0 saturated carbocycles. The van der Waals surface area contributed by atoms with Crippen LogP contribution in [0.5, 0.6) is 5.75 Å². The van der Waals surface area contributed by atoms with E-state index in [1.807, 2.05) is 0 Å². The molecule has 2 aromatic carbocycles. The van der Waals surface area contributed by atoms with Crippen LogP contribution in [0.2, 0.25) is 0 Å². The number of nitrogens with one attached hydrogen (secondary N) is 2. The van der Waals surface area contributed by atoms with Gasteiger partial charge in [0.05, 0.1) is 12.8 Å². The molecule has 2 amide bonds. The van der Waals surface area contributed by atoms with Gasteiger partial charge in [-0.25, -0.2) is 4.79 Å². The summed E-state index contributed by atoms with van der Waals surface area (Å²) in [4.78, 5) is 48.8. The molecule has 2 rings (SSSR count). The van der Waals surface area contributed by atoms with Gasteiger partial charge >= 0.3 is 5.97 Å². The Morgan fingerprint density at radius 3 is 2.19 bits per heavy atom. The van der Waals surface area contributed by atoms with Gasteiger partial charge in [0.25, 0.3) is 11.8 Å². The number of esters is 1. The number of methoxy groups -OCH3 is 1. The van der Waals surface area contributed by atoms with E-state index in [0.717, 1.165) is 0 Å². The second kappa shape index (κ2) is 10.9. The summed E-state index contributed by atoms with van der Waals surface area (Å²) < 4.78 is 10.2. The van der Waals surface area contributed by atoms with Gasteiger partial charge in [0.2, 0.25) is 0 Å². The normalized spacial score (nSPS) is 11.4. The van der Waals surface area contributed by atoms with Gasteiger partial charge in [0, 0.05) is 11.1 Å². The van der Waals surface area contributed by atoms with Gasteiger partial charge in [0.15, 0.2) is 12.4 Å². The van der Waals surface area contributed by atoms with Crippen molar-refractivity contribution in [1.29, 1.82) is 0 Å². The molecule has 8 heteroatoms. The number of ketones is 1. The molecule has 0 saturated heterocycles. The largest absolute Gasteiger partial charge is 0.497 e. The molecule has 0 spiro atoms. The van der Waals surface area contributed by atoms with Crippen LogP contribution in [0.3, 0.4) is 0 Å². The van der Waals surface area contributed by atoms with E-state index in [4.69, 9.17) is 9.47 Å². The van der Waals surface area contributed by atoms with E-state index in [0.29, 0.717) is 22.6 Å². The summed E-state index contributed by atoms with van der Waals surface area (Å²) in [5.41, 5.74) is 1.05. The zero-order valence-electron chi connectivity index (χ0n) is 17.9. The lowest BCUT2D eigenvalue weighted by Gasteiger charge is -2.21. The summed E-state index contributed by atoms with van der Waals surface area (Å²) in [7, 11) is 1.52. The van der Waals surface area contributed by atoms with Crippen molar-refractivity contribution in [1.82, 2.24) is 5.32 Å². The first-order valence-electron chi connectivity index (χ1n) is 9.74. The highest BCUT2D eigenvalue weighted by atomic mass is 16.5. The molecule has 164 valence electrons. The monoisotopic (exact) mass is 426 g/mol. The predicted molar refractivity (Wildman–Crippen MR) is 115 cm³/mol. The van der Waals surface area contributed by atoms with Crippen LogP contribution in [-0.4, -0.2) is 43.3 Å². The van der Waals surface area contributed by atoms with Gasteiger partial charge in [-0.15, -0.1) is 0 Å². The fourth-order valence-electron chi connectivity index (χ4n) is 2.78. The second-order valence-electron chi connectivity index (χ2n) is 7.18. The van der Waals surface area contributed by atoms with Gasteiger partial charge < -0.3 is 20.1 Å². The Morgan fingerprint density at radius 1 is 0.968 bits per heavy atom. The minimum absolute atomic E-state index is 0.200. The van der Waals surface area contributed by atoms with E-state index in [-0.39, 0.29) is 11.7 Å². The van der Waals surface area contributed by atoms with E-state index in [2.05, 4.69) is 10.6 Å². The van der Waals surface area contributed by atoms with Gasteiger partial charge in [0.1, 0.15) is 11.8 Å². The highest BCUT2D eigenvalue weighted by Crippen LogP contribution is 2.16. The molecular weight excluding hydrogens is 400 g/mol. The Hall–Kier alpha value is -3.68. The Kier molecular flexibility index (Phi) is 8.31. The van der Waals surface area contributed by atoms with Crippen molar-refractivity contribution in [3.63, 3.8) is 0 Å². The molecule has 0 aromatic heterocycles. The number of amides is 2. The molecule has 0 unspecified atom stereocenters. The van der Waals surface area contributed by atoms with Crippen molar-refractivity contribution >= 4 is 29.3 Å². The predicted octanol–water partition coefficient (Wildman–Crippen LogP) is 2.83. The van der Waals surface area contributed by atoms with Crippen LogP contribution in [0.1, 0.15) is 41.5 Å². The summed E-state index contributed by atoms with van der Waals surface area (Å²) in [5, 5.41) is 5.19. The fraction of sp³-hybridized carbons (Fsp3) is 0.304. The van der Waals surface area contributed by atoms with Gasteiger partial charge in [-0.05, 0) is 49.2 Å². The molecule has 0 aliphatic heterocycles. The number of ether oxygens (including phenoxy) is 2. The molecule has 0 heterocycles. The van der Waals surface area contributed by atoms with Crippen LogP contribution in [0.25, 0.3) is 0 Å². The number of carbonyl (C=O) groups excluding carboxylic acids is 4. The van der Waals surface area contributed by atoms with Crippen LogP contribution < -0.4 is 15.4 Å². The first kappa shape index (κ1) is 23.6. The minimum atomic E-state index is -0.938. The number of rotatable bonds is 9. The lowest BCUT2D eigenvalue weighted by atomic mass is 10.0. The Labute approximate surface area is 180 Å². The van der Waals surface area contributed by atoms with Crippen LogP contribution in [0, 0.1) is 5.92 Å². The summed E-state index contributed by atoms with van der Waals surface area (Å²) in [6.45, 7) is 4.35. The van der Waals surface area contributed by atoms with E-state index >= 15 is 0 Å². The van der Waals surface area contributed by atoms with Crippen molar-refractivity contribution in [2.45, 2.75) is 26.8 Å². The molecule has 0 fully saturated rings. The molecule has 31 heavy (non-hydrogen) atoms. The second-order valence-corrected chi connectivity index (χ2v) is 7.18. The van der Waals surface area contributed by atoms with Crippen molar-refractivity contribution < 1.29 is 28.7 Å². The molecule has 0 aliphatic carbocycles. The van der Waals surface area contributed by atoms with E-state index in [1.165, 1.54) is 14.0 Å².